The fourth-order valence-corrected chi connectivity index (χ4v) is 6.02. The Hall–Kier alpha value is -5.31. The average Bonchev–Trinajstić information content (AvgIpc) is 3.11. The molecular formula is C41H35F3N2O3. The molecule has 1 heterocycles. The summed E-state index contributed by atoms with van der Waals surface area (Å²) in [6.07, 6.45) is -3.20. The van der Waals surface area contributed by atoms with Crippen molar-refractivity contribution < 1.29 is 27.8 Å². The number of hydrogen-bond acceptors (Lipinski definition) is 5. The van der Waals surface area contributed by atoms with E-state index in [1.54, 1.807) is 54.6 Å². The Labute approximate surface area is 283 Å². The van der Waals surface area contributed by atoms with Gasteiger partial charge in [-0.3, -0.25) is 14.7 Å². The number of fused-ring (bicyclic) bond motifs is 1. The standard InChI is InChI=1S/C41H35F3N2O3/c1-46(22-23-47)27-29-20-18-28(19-21-29)24-37(30-10-4-2-5-11-30)49-33-15-8-14-32(25-33)38-34-16-9-17-36(41(42,43)44)39(34)45-26-35(38)40(48)31-12-6-3-7-13-31/h2-21,25-26,37,47H,22-24,27H2,1H3. The molecule has 0 saturated carbocycles. The summed E-state index contributed by atoms with van der Waals surface area (Å²) in [5, 5.41) is 9.45. The van der Waals surface area contributed by atoms with Crippen LogP contribution in [0, 0.1) is 0 Å². The zero-order valence-corrected chi connectivity index (χ0v) is 26.9. The number of carbonyl (C=O) groups is 1. The number of ketones is 1. The van der Waals surface area contributed by atoms with E-state index in [-0.39, 0.29) is 35.0 Å². The van der Waals surface area contributed by atoms with Gasteiger partial charge in [0.25, 0.3) is 0 Å². The molecule has 6 aromatic rings. The quantitative estimate of drug-likeness (QED) is 0.133. The van der Waals surface area contributed by atoms with Crippen molar-refractivity contribution >= 4 is 16.7 Å². The lowest BCUT2D eigenvalue weighted by molar-refractivity contribution is -0.136. The summed E-state index contributed by atoms with van der Waals surface area (Å²) in [5.74, 6) is 0.158. The molecule has 1 N–H and O–H groups in total. The van der Waals surface area contributed by atoms with E-state index in [2.05, 4.69) is 29.2 Å². The molecule has 49 heavy (non-hydrogen) atoms. The highest BCUT2D eigenvalue weighted by molar-refractivity contribution is 6.16. The van der Waals surface area contributed by atoms with Crippen LogP contribution in [-0.4, -0.2) is 41.0 Å². The van der Waals surface area contributed by atoms with Gasteiger partial charge in [-0.2, -0.15) is 13.2 Å². The molecule has 0 radical (unpaired) electrons. The maximum absolute atomic E-state index is 14.1. The fourth-order valence-electron chi connectivity index (χ4n) is 6.02. The number of hydrogen-bond donors (Lipinski definition) is 1. The third kappa shape index (κ3) is 7.88. The SMILES string of the molecule is CN(CCO)Cc1ccc(CC(Oc2cccc(-c3c(C(=O)c4ccccc4)cnc4c(C(F)(F)F)cccc34)c2)c2ccccc2)cc1. The molecule has 0 aliphatic heterocycles. The Bertz CT molecular complexity index is 2030. The van der Waals surface area contributed by atoms with Gasteiger partial charge in [0, 0.05) is 47.8 Å². The van der Waals surface area contributed by atoms with Crippen LogP contribution in [0.4, 0.5) is 13.2 Å². The topological polar surface area (TPSA) is 62.7 Å². The second-order valence-corrected chi connectivity index (χ2v) is 12.0. The van der Waals surface area contributed by atoms with Crippen LogP contribution in [0.1, 0.15) is 44.3 Å². The van der Waals surface area contributed by atoms with Gasteiger partial charge < -0.3 is 9.84 Å². The van der Waals surface area contributed by atoms with Crippen molar-refractivity contribution in [3.63, 3.8) is 0 Å². The minimum absolute atomic E-state index is 0.0997. The van der Waals surface area contributed by atoms with E-state index in [0.29, 0.717) is 35.4 Å². The lowest BCUT2D eigenvalue weighted by Gasteiger charge is -2.21. The number of ether oxygens (including phenoxy) is 1. The van der Waals surface area contributed by atoms with Crippen LogP contribution < -0.4 is 4.74 Å². The van der Waals surface area contributed by atoms with Crippen molar-refractivity contribution in [2.75, 3.05) is 20.2 Å². The smallest absolute Gasteiger partial charge is 0.418 e. The Morgan fingerprint density at radius 3 is 2.20 bits per heavy atom. The van der Waals surface area contributed by atoms with Gasteiger partial charge in [-0.25, -0.2) is 0 Å². The van der Waals surface area contributed by atoms with Crippen molar-refractivity contribution in [2.24, 2.45) is 0 Å². The normalized spacial score (nSPS) is 12.3. The number of para-hydroxylation sites is 1. The molecule has 1 unspecified atom stereocenters. The number of carbonyl (C=O) groups excluding carboxylic acids is 1. The fraction of sp³-hybridized carbons (Fsp3) is 0.171. The van der Waals surface area contributed by atoms with Gasteiger partial charge in [0.15, 0.2) is 5.78 Å². The van der Waals surface area contributed by atoms with E-state index in [1.807, 2.05) is 48.3 Å². The maximum atomic E-state index is 14.1. The lowest BCUT2D eigenvalue weighted by atomic mass is 9.91. The van der Waals surface area contributed by atoms with Gasteiger partial charge in [0.1, 0.15) is 11.9 Å². The summed E-state index contributed by atoms with van der Waals surface area (Å²) < 4.78 is 48.9. The molecule has 0 aliphatic carbocycles. The summed E-state index contributed by atoms with van der Waals surface area (Å²) in [6.45, 7) is 1.41. The number of likely N-dealkylation sites (N-methyl/N-ethyl adjacent to an activating group) is 1. The molecule has 8 heteroatoms. The highest BCUT2D eigenvalue weighted by atomic mass is 19.4. The lowest BCUT2D eigenvalue weighted by Crippen LogP contribution is -2.21. The number of pyridine rings is 1. The van der Waals surface area contributed by atoms with Crippen molar-refractivity contribution in [3.05, 3.63) is 167 Å². The first-order chi connectivity index (χ1) is 23.7. The average molecular weight is 661 g/mol. The van der Waals surface area contributed by atoms with Gasteiger partial charge in [0.05, 0.1) is 17.7 Å². The number of aliphatic hydroxyl groups excluding tert-OH is 1. The zero-order valence-electron chi connectivity index (χ0n) is 26.9. The molecule has 1 aromatic heterocycles. The van der Waals surface area contributed by atoms with E-state index in [0.717, 1.165) is 29.3 Å². The van der Waals surface area contributed by atoms with Crippen molar-refractivity contribution in [2.45, 2.75) is 25.2 Å². The van der Waals surface area contributed by atoms with E-state index < -0.39 is 11.7 Å². The maximum Gasteiger partial charge on any atom is 0.418 e. The number of alkyl halides is 3. The van der Waals surface area contributed by atoms with E-state index in [9.17, 15) is 23.1 Å². The van der Waals surface area contributed by atoms with Crippen LogP contribution in [-0.2, 0) is 19.1 Å². The first-order valence-electron chi connectivity index (χ1n) is 16.0. The molecule has 0 aliphatic rings. The molecule has 5 nitrogen and oxygen atoms in total. The minimum atomic E-state index is -4.63. The summed E-state index contributed by atoms with van der Waals surface area (Å²) in [5.41, 5.74) is 3.54. The molecule has 1 atom stereocenters. The Balaban J connectivity index is 1.39. The van der Waals surface area contributed by atoms with E-state index in [4.69, 9.17) is 4.74 Å². The summed E-state index contributed by atoms with van der Waals surface area (Å²) in [6, 6.07) is 37.8. The molecule has 0 saturated heterocycles. The number of benzene rings is 5. The van der Waals surface area contributed by atoms with Crippen LogP contribution in [0.3, 0.4) is 0 Å². The number of nitrogens with zero attached hydrogens (tertiary/aromatic N) is 2. The van der Waals surface area contributed by atoms with Crippen LogP contribution >= 0.6 is 0 Å². The highest BCUT2D eigenvalue weighted by Crippen LogP contribution is 2.40. The first-order valence-corrected chi connectivity index (χ1v) is 16.0. The molecule has 6 rings (SSSR count). The third-order valence-corrected chi connectivity index (χ3v) is 8.43. The molecule has 0 fully saturated rings. The molecule has 0 spiro atoms. The summed E-state index contributed by atoms with van der Waals surface area (Å²) >= 11 is 0. The predicted molar refractivity (Wildman–Crippen MR) is 185 cm³/mol. The molecular weight excluding hydrogens is 625 g/mol. The van der Waals surface area contributed by atoms with Gasteiger partial charge in [0.2, 0.25) is 0 Å². The molecule has 0 bridgehead atoms. The zero-order chi connectivity index (χ0) is 34.4. The summed E-state index contributed by atoms with van der Waals surface area (Å²) in [4.78, 5) is 20.1. The van der Waals surface area contributed by atoms with Gasteiger partial charge in [-0.1, -0.05) is 109 Å². The number of aliphatic hydroxyl groups is 1. The van der Waals surface area contributed by atoms with E-state index >= 15 is 0 Å². The van der Waals surface area contributed by atoms with E-state index in [1.165, 1.54) is 12.3 Å². The van der Waals surface area contributed by atoms with Crippen LogP contribution in [0.15, 0.2) is 134 Å². The van der Waals surface area contributed by atoms with Crippen LogP contribution in [0.25, 0.3) is 22.0 Å². The Kier molecular flexibility index (Phi) is 10.2. The van der Waals surface area contributed by atoms with Gasteiger partial charge >= 0.3 is 6.18 Å². The van der Waals surface area contributed by atoms with Crippen molar-refractivity contribution in [1.82, 2.24) is 9.88 Å². The minimum Gasteiger partial charge on any atom is -0.485 e. The number of rotatable bonds is 12. The van der Waals surface area contributed by atoms with Crippen LogP contribution in [0.5, 0.6) is 5.75 Å². The van der Waals surface area contributed by atoms with Crippen molar-refractivity contribution in [3.8, 4) is 16.9 Å². The second-order valence-electron chi connectivity index (χ2n) is 12.0. The third-order valence-electron chi connectivity index (χ3n) is 8.43. The summed E-state index contributed by atoms with van der Waals surface area (Å²) in [7, 11) is 1.96. The van der Waals surface area contributed by atoms with Gasteiger partial charge in [-0.15, -0.1) is 0 Å². The first kappa shape index (κ1) is 33.6. The molecule has 248 valence electrons. The largest absolute Gasteiger partial charge is 0.485 e. The van der Waals surface area contributed by atoms with Crippen molar-refractivity contribution in [1.29, 1.82) is 0 Å². The molecule has 5 aromatic carbocycles. The number of aromatic nitrogens is 1. The predicted octanol–water partition coefficient (Wildman–Crippen LogP) is 8.94. The Morgan fingerprint density at radius 2 is 1.51 bits per heavy atom. The second kappa shape index (κ2) is 14.8. The van der Waals surface area contributed by atoms with Gasteiger partial charge in [-0.05, 0) is 47.5 Å². The number of halogens is 3. The highest BCUT2D eigenvalue weighted by Gasteiger charge is 2.34. The van der Waals surface area contributed by atoms with Crippen LogP contribution in [0.2, 0.25) is 0 Å². The molecule has 0 amide bonds. The monoisotopic (exact) mass is 660 g/mol. The Morgan fingerprint density at radius 1 is 0.837 bits per heavy atom.